The zero-order valence-electron chi connectivity index (χ0n) is 12.8. The smallest absolute Gasteiger partial charge is 0.219 e. The van der Waals surface area contributed by atoms with Gasteiger partial charge in [0.25, 0.3) is 0 Å². The van der Waals surface area contributed by atoms with Crippen LogP contribution in [0.4, 0.5) is 0 Å². The van der Waals surface area contributed by atoms with Crippen LogP contribution in [0.3, 0.4) is 0 Å². The lowest BCUT2D eigenvalue weighted by atomic mass is 10.1. The van der Waals surface area contributed by atoms with Crippen LogP contribution in [0.5, 0.6) is 5.88 Å². The fraction of sp³-hybridized carbons (Fsp3) is 0.222. The molecule has 5 nitrogen and oxygen atoms in total. The lowest BCUT2D eigenvalue weighted by Gasteiger charge is -2.25. The van der Waals surface area contributed by atoms with E-state index in [-0.39, 0.29) is 5.88 Å². The second kappa shape index (κ2) is 5.85. The van der Waals surface area contributed by atoms with E-state index in [2.05, 4.69) is 39.2 Å². The van der Waals surface area contributed by atoms with Gasteiger partial charge in [-0.3, -0.25) is 4.90 Å². The molecule has 0 radical (unpaired) electrons. The molecule has 0 atom stereocenters. The number of hydrogen-bond donors (Lipinski definition) is 1. The molecule has 1 aromatic carbocycles. The van der Waals surface area contributed by atoms with E-state index in [1.54, 1.807) is 6.20 Å². The zero-order chi connectivity index (χ0) is 15.6. The van der Waals surface area contributed by atoms with E-state index in [9.17, 15) is 5.11 Å². The Morgan fingerprint density at radius 1 is 1.04 bits per heavy atom. The summed E-state index contributed by atoms with van der Waals surface area (Å²) < 4.78 is 1.54. The van der Waals surface area contributed by atoms with Crippen molar-refractivity contribution in [3.63, 3.8) is 0 Å². The molecule has 23 heavy (non-hydrogen) atoms. The second-order valence-corrected chi connectivity index (χ2v) is 5.79. The van der Waals surface area contributed by atoms with Crippen molar-refractivity contribution in [1.82, 2.24) is 19.7 Å². The third-order valence-electron chi connectivity index (χ3n) is 4.21. The van der Waals surface area contributed by atoms with Crippen LogP contribution < -0.4 is 0 Å². The summed E-state index contributed by atoms with van der Waals surface area (Å²) in [6.07, 6.45) is 2.51. The Morgan fingerprint density at radius 3 is 2.65 bits per heavy atom. The molecule has 1 aliphatic heterocycles. The van der Waals surface area contributed by atoms with Crippen molar-refractivity contribution in [2.45, 2.75) is 19.5 Å². The van der Waals surface area contributed by atoms with Gasteiger partial charge in [0.2, 0.25) is 5.88 Å². The SMILES string of the molecule is Oc1c2c(nn1-c1ccccn1)CN(Cc1ccccc1)CC2. The van der Waals surface area contributed by atoms with Crippen LogP contribution in [-0.4, -0.2) is 31.3 Å². The van der Waals surface area contributed by atoms with E-state index < -0.39 is 0 Å². The molecular formula is C18H18N4O. The highest BCUT2D eigenvalue weighted by Crippen LogP contribution is 2.29. The van der Waals surface area contributed by atoms with Crippen LogP contribution in [0.2, 0.25) is 0 Å². The van der Waals surface area contributed by atoms with Crippen molar-refractivity contribution >= 4 is 0 Å². The van der Waals surface area contributed by atoms with Crippen LogP contribution in [0.25, 0.3) is 5.82 Å². The first-order valence-corrected chi connectivity index (χ1v) is 7.78. The molecule has 0 saturated heterocycles. The van der Waals surface area contributed by atoms with Crippen LogP contribution in [0, 0.1) is 0 Å². The average Bonchev–Trinajstić information content (AvgIpc) is 2.93. The van der Waals surface area contributed by atoms with E-state index >= 15 is 0 Å². The minimum atomic E-state index is 0.220. The Morgan fingerprint density at radius 2 is 1.87 bits per heavy atom. The van der Waals surface area contributed by atoms with Crippen LogP contribution in [0.1, 0.15) is 16.8 Å². The number of nitrogens with zero attached hydrogens (tertiary/aromatic N) is 4. The molecule has 1 N–H and O–H groups in total. The molecule has 4 rings (SSSR count). The van der Waals surface area contributed by atoms with Crippen molar-refractivity contribution in [2.24, 2.45) is 0 Å². The third kappa shape index (κ3) is 2.71. The molecule has 0 amide bonds. The molecule has 1 aliphatic rings. The van der Waals surface area contributed by atoms with E-state index in [0.29, 0.717) is 5.82 Å². The number of aromatic hydroxyl groups is 1. The Labute approximate surface area is 134 Å². The average molecular weight is 306 g/mol. The van der Waals surface area contributed by atoms with Gasteiger partial charge in [-0.1, -0.05) is 36.4 Å². The Hall–Kier alpha value is -2.66. The summed E-state index contributed by atoms with van der Waals surface area (Å²) in [7, 11) is 0. The van der Waals surface area contributed by atoms with Gasteiger partial charge in [0.05, 0.1) is 5.69 Å². The maximum Gasteiger partial charge on any atom is 0.219 e. The number of pyridine rings is 1. The topological polar surface area (TPSA) is 54.2 Å². The monoisotopic (exact) mass is 306 g/mol. The van der Waals surface area contributed by atoms with E-state index in [1.165, 1.54) is 10.2 Å². The first-order chi connectivity index (χ1) is 11.3. The van der Waals surface area contributed by atoms with E-state index in [1.807, 2.05) is 24.3 Å². The van der Waals surface area contributed by atoms with Gasteiger partial charge in [-0.25, -0.2) is 4.98 Å². The molecule has 0 unspecified atom stereocenters. The van der Waals surface area contributed by atoms with Crippen molar-refractivity contribution < 1.29 is 5.11 Å². The molecule has 116 valence electrons. The molecule has 0 bridgehead atoms. The van der Waals surface area contributed by atoms with E-state index in [4.69, 9.17) is 0 Å². The highest BCUT2D eigenvalue weighted by molar-refractivity contribution is 5.38. The number of hydrogen-bond acceptors (Lipinski definition) is 4. The van der Waals surface area contributed by atoms with Crippen molar-refractivity contribution in [3.8, 4) is 11.7 Å². The third-order valence-corrected chi connectivity index (χ3v) is 4.21. The molecule has 2 aromatic heterocycles. The Bertz CT molecular complexity index is 799. The van der Waals surface area contributed by atoms with Gasteiger partial charge in [0, 0.05) is 31.4 Å². The molecular weight excluding hydrogens is 288 g/mol. The summed E-state index contributed by atoms with van der Waals surface area (Å²) in [6, 6.07) is 16.0. The predicted octanol–water partition coefficient (Wildman–Crippen LogP) is 2.53. The number of aromatic nitrogens is 3. The van der Waals surface area contributed by atoms with Gasteiger partial charge >= 0.3 is 0 Å². The number of benzene rings is 1. The lowest BCUT2D eigenvalue weighted by molar-refractivity contribution is 0.241. The summed E-state index contributed by atoms with van der Waals surface area (Å²) in [5, 5.41) is 15.0. The first kappa shape index (κ1) is 14.0. The van der Waals surface area contributed by atoms with Gasteiger partial charge in [-0.05, 0) is 24.1 Å². The Kier molecular flexibility index (Phi) is 3.55. The molecule has 0 spiro atoms. The number of fused-ring (bicyclic) bond motifs is 1. The maximum absolute atomic E-state index is 10.4. The molecule has 3 aromatic rings. The molecule has 5 heteroatoms. The normalized spacial score (nSPS) is 14.6. The molecule has 0 fully saturated rings. The summed E-state index contributed by atoms with van der Waals surface area (Å²) >= 11 is 0. The molecule has 0 saturated carbocycles. The predicted molar refractivity (Wildman–Crippen MR) is 87.3 cm³/mol. The van der Waals surface area contributed by atoms with Gasteiger partial charge < -0.3 is 5.11 Å². The minimum Gasteiger partial charge on any atom is -0.493 e. The van der Waals surface area contributed by atoms with Crippen molar-refractivity contribution in [2.75, 3.05) is 6.54 Å². The van der Waals surface area contributed by atoms with Gasteiger partial charge in [-0.2, -0.15) is 9.78 Å². The molecule has 3 heterocycles. The highest BCUT2D eigenvalue weighted by Gasteiger charge is 2.25. The second-order valence-electron chi connectivity index (χ2n) is 5.79. The fourth-order valence-electron chi connectivity index (χ4n) is 3.04. The summed E-state index contributed by atoms with van der Waals surface area (Å²) in [5.74, 6) is 0.868. The largest absolute Gasteiger partial charge is 0.493 e. The van der Waals surface area contributed by atoms with Gasteiger partial charge in [-0.15, -0.1) is 0 Å². The zero-order valence-corrected chi connectivity index (χ0v) is 12.8. The maximum atomic E-state index is 10.4. The van der Waals surface area contributed by atoms with Crippen LogP contribution in [0.15, 0.2) is 54.7 Å². The van der Waals surface area contributed by atoms with Crippen molar-refractivity contribution in [3.05, 3.63) is 71.5 Å². The standard InChI is InChI=1S/C18H18N4O/c23-18-15-9-11-21(12-14-6-2-1-3-7-14)13-16(15)20-22(18)17-8-4-5-10-19-17/h1-8,10,23H,9,11-13H2. The molecule has 0 aliphatic carbocycles. The van der Waals surface area contributed by atoms with Gasteiger partial charge in [0.1, 0.15) is 0 Å². The minimum absolute atomic E-state index is 0.220. The lowest BCUT2D eigenvalue weighted by Crippen LogP contribution is -2.29. The highest BCUT2D eigenvalue weighted by atomic mass is 16.3. The Balaban J connectivity index is 1.58. The number of rotatable bonds is 3. The summed E-state index contributed by atoms with van der Waals surface area (Å²) in [5.41, 5.74) is 3.18. The first-order valence-electron chi connectivity index (χ1n) is 7.78. The van der Waals surface area contributed by atoms with Gasteiger partial charge in [0.15, 0.2) is 5.82 Å². The van der Waals surface area contributed by atoms with Crippen LogP contribution in [-0.2, 0) is 19.5 Å². The van der Waals surface area contributed by atoms with Crippen LogP contribution >= 0.6 is 0 Å². The quantitative estimate of drug-likeness (QED) is 0.808. The van der Waals surface area contributed by atoms with Crippen molar-refractivity contribution in [1.29, 1.82) is 0 Å². The fourth-order valence-corrected chi connectivity index (χ4v) is 3.04. The summed E-state index contributed by atoms with van der Waals surface area (Å²) in [4.78, 5) is 6.62. The summed E-state index contributed by atoms with van der Waals surface area (Å²) in [6.45, 7) is 2.57. The van der Waals surface area contributed by atoms with E-state index in [0.717, 1.165) is 37.3 Å².